The van der Waals surface area contributed by atoms with Gasteiger partial charge in [-0.1, -0.05) is 54.6 Å². The molecule has 0 amide bonds. The number of morpholine rings is 1. The number of allylic oxidation sites excluding steroid dienone is 1. The van der Waals surface area contributed by atoms with Gasteiger partial charge in [0, 0.05) is 59.7 Å². The van der Waals surface area contributed by atoms with E-state index in [4.69, 9.17) is 9.47 Å². The van der Waals surface area contributed by atoms with Gasteiger partial charge in [0.2, 0.25) is 0 Å². The van der Waals surface area contributed by atoms with E-state index in [0.29, 0.717) is 17.7 Å². The SMILES string of the molecule is O=C1C(c2cncc3ccccc23)=C(c2ccccc2)c2ccc(OCCN3CCOCC3)cc21. The first-order valence-corrected chi connectivity index (χ1v) is 12.0. The lowest BCUT2D eigenvalue weighted by atomic mass is 9.93. The van der Waals surface area contributed by atoms with Crippen molar-refractivity contribution in [3.8, 4) is 5.75 Å². The smallest absolute Gasteiger partial charge is 0.195 e. The second-order valence-corrected chi connectivity index (χ2v) is 8.86. The van der Waals surface area contributed by atoms with Crippen molar-refractivity contribution < 1.29 is 14.3 Å². The second-order valence-electron chi connectivity index (χ2n) is 8.86. The van der Waals surface area contributed by atoms with Gasteiger partial charge in [-0.2, -0.15) is 0 Å². The summed E-state index contributed by atoms with van der Waals surface area (Å²) < 4.78 is 11.5. The normalized spacial score (nSPS) is 16.1. The summed E-state index contributed by atoms with van der Waals surface area (Å²) in [5.41, 5.74) is 5.13. The number of benzene rings is 3. The van der Waals surface area contributed by atoms with Gasteiger partial charge in [0.1, 0.15) is 12.4 Å². The molecule has 1 fully saturated rings. The monoisotopic (exact) mass is 462 g/mol. The molecule has 2 aliphatic rings. The Morgan fingerprint density at radius 3 is 2.49 bits per heavy atom. The summed E-state index contributed by atoms with van der Waals surface area (Å²) in [5.74, 6) is 0.728. The number of Topliss-reactive ketones (excluding diaryl/α,β-unsaturated/α-hetero) is 1. The molecular formula is C30H26N2O3. The van der Waals surface area contributed by atoms with E-state index in [-0.39, 0.29) is 5.78 Å². The van der Waals surface area contributed by atoms with Crippen molar-refractivity contribution in [1.82, 2.24) is 9.88 Å². The molecule has 5 nitrogen and oxygen atoms in total. The zero-order chi connectivity index (χ0) is 23.6. The van der Waals surface area contributed by atoms with Crippen LogP contribution >= 0.6 is 0 Å². The van der Waals surface area contributed by atoms with Gasteiger partial charge in [-0.25, -0.2) is 0 Å². The van der Waals surface area contributed by atoms with Crippen LogP contribution in [0.4, 0.5) is 0 Å². The zero-order valence-corrected chi connectivity index (χ0v) is 19.4. The first-order chi connectivity index (χ1) is 17.3. The van der Waals surface area contributed by atoms with Gasteiger partial charge in [-0.15, -0.1) is 0 Å². The van der Waals surface area contributed by atoms with E-state index in [2.05, 4.69) is 28.1 Å². The molecule has 2 heterocycles. The molecular weight excluding hydrogens is 436 g/mol. The Kier molecular flexibility index (Phi) is 5.86. The van der Waals surface area contributed by atoms with Crippen molar-refractivity contribution in [1.29, 1.82) is 0 Å². The molecule has 0 unspecified atom stereocenters. The Bertz CT molecular complexity index is 1420. The first-order valence-electron chi connectivity index (χ1n) is 12.0. The number of hydrogen-bond donors (Lipinski definition) is 0. The quantitative estimate of drug-likeness (QED) is 0.399. The molecule has 1 saturated heterocycles. The van der Waals surface area contributed by atoms with E-state index in [0.717, 1.165) is 71.6 Å². The van der Waals surface area contributed by atoms with E-state index in [1.165, 1.54) is 0 Å². The van der Waals surface area contributed by atoms with Crippen LogP contribution in [0.15, 0.2) is 85.2 Å². The lowest BCUT2D eigenvalue weighted by Crippen LogP contribution is -2.38. The Balaban J connectivity index is 1.38. The van der Waals surface area contributed by atoms with Crippen LogP contribution in [0.5, 0.6) is 5.75 Å². The topological polar surface area (TPSA) is 51.7 Å². The minimum Gasteiger partial charge on any atom is -0.492 e. The highest BCUT2D eigenvalue weighted by Gasteiger charge is 2.32. The number of ether oxygens (including phenoxy) is 2. The van der Waals surface area contributed by atoms with Gasteiger partial charge in [0.05, 0.1) is 13.2 Å². The predicted molar refractivity (Wildman–Crippen MR) is 138 cm³/mol. The minimum atomic E-state index is 0.00985. The number of ketones is 1. The third kappa shape index (κ3) is 4.14. The van der Waals surface area contributed by atoms with Crippen molar-refractivity contribution in [3.63, 3.8) is 0 Å². The largest absolute Gasteiger partial charge is 0.492 e. The molecule has 1 aromatic heterocycles. The molecule has 0 spiro atoms. The van der Waals surface area contributed by atoms with Crippen LogP contribution < -0.4 is 4.74 Å². The number of rotatable bonds is 6. The zero-order valence-electron chi connectivity index (χ0n) is 19.4. The van der Waals surface area contributed by atoms with Crippen molar-refractivity contribution in [2.45, 2.75) is 0 Å². The number of nitrogens with zero attached hydrogens (tertiary/aromatic N) is 2. The summed E-state index contributed by atoms with van der Waals surface area (Å²) in [5, 5.41) is 2.04. The van der Waals surface area contributed by atoms with Crippen LogP contribution in [-0.2, 0) is 4.74 Å². The number of carbonyl (C=O) groups excluding carboxylic acids is 1. The highest BCUT2D eigenvalue weighted by atomic mass is 16.5. The molecule has 174 valence electrons. The van der Waals surface area contributed by atoms with E-state index < -0.39 is 0 Å². The van der Waals surface area contributed by atoms with Crippen molar-refractivity contribution in [2.75, 3.05) is 39.5 Å². The van der Waals surface area contributed by atoms with E-state index >= 15 is 0 Å². The van der Waals surface area contributed by atoms with Crippen LogP contribution in [0.1, 0.15) is 27.0 Å². The van der Waals surface area contributed by atoms with Gasteiger partial charge in [-0.3, -0.25) is 14.7 Å². The van der Waals surface area contributed by atoms with Crippen LogP contribution in [0.25, 0.3) is 21.9 Å². The number of carbonyl (C=O) groups is 1. The number of aromatic nitrogens is 1. The van der Waals surface area contributed by atoms with Gasteiger partial charge < -0.3 is 9.47 Å². The summed E-state index contributed by atoms with van der Waals surface area (Å²) in [4.78, 5) is 20.7. The Morgan fingerprint density at radius 2 is 1.63 bits per heavy atom. The standard InChI is InChI=1S/C30H26N2O3/c33-30-26-18-23(35-17-14-32-12-15-34-16-13-32)10-11-25(26)28(21-6-2-1-3-7-21)29(30)27-20-31-19-22-8-4-5-9-24(22)27/h1-11,18-20H,12-17H2. The van der Waals surface area contributed by atoms with Crippen molar-refractivity contribution in [3.05, 3.63) is 107 Å². The van der Waals surface area contributed by atoms with E-state index in [9.17, 15) is 4.79 Å². The number of pyridine rings is 1. The molecule has 6 rings (SSSR count). The average Bonchev–Trinajstić information content (AvgIpc) is 3.21. The minimum absolute atomic E-state index is 0.00985. The van der Waals surface area contributed by atoms with Crippen molar-refractivity contribution >= 4 is 27.7 Å². The van der Waals surface area contributed by atoms with E-state index in [1.54, 1.807) is 0 Å². The lowest BCUT2D eigenvalue weighted by molar-refractivity contribution is 0.0322. The van der Waals surface area contributed by atoms with Gasteiger partial charge in [-0.05, 0) is 34.7 Å². The van der Waals surface area contributed by atoms with Gasteiger partial charge in [0.25, 0.3) is 0 Å². The lowest BCUT2D eigenvalue weighted by Gasteiger charge is -2.26. The molecule has 0 N–H and O–H groups in total. The molecule has 4 aromatic rings. The fraction of sp³-hybridized carbons (Fsp3) is 0.200. The number of fused-ring (bicyclic) bond motifs is 2. The second kappa shape index (κ2) is 9.45. The van der Waals surface area contributed by atoms with Gasteiger partial charge >= 0.3 is 0 Å². The average molecular weight is 463 g/mol. The van der Waals surface area contributed by atoms with Crippen LogP contribution in [0.3, 0.4) is 0 Å². The fourth-order valence-electron chi connectivity index (χ4n) is 5.00. The molecule has 5 heteroatoms. The number of hydrogen-bond acceptors (Lipinski definition) is 5. The van der Waals surface area contributed by atoms with E-state index in [1.807, 2.05) is 67.0 Å². The molecule has 35 heavy (non-hydrogen) atoms. The maximum absolute atomic E-state index is 13.9. The highest BCUT2D eigenvalue weighted by molar-refractivity contribution is 6.42. The molecule has 1 aliphatic carbocycles. The summed E-state index contributed by atoms with van der Waals surface area (Å²) >= 11 is 0. The Morgan fingerprint density at radius 1 is 0.829 bits per heavy atom. The maximum atomic E-state index is 13.9. The first kappa shape index (κ1) is 21.7. The highest BCUT2D eigenvalue weighted by Crippen LogP contribution is 2.44. The molecule has 0 atom stereocenters. The molecule has 3 aromatic carbocycles. The van der Waals surface area contributed by atoms with Crippen molar-refractivity contribution in [2.24, 2.45) is 0 Å². The van der Waals surface area contributed by atoms with Crippen LogP contribution in [-0.4, -0.2) is 55.1 Å². The summed E-state index contributed by atoms with van der Waals surface area (Å²) in [6.07, 6.45) is 3.65. The molecule has 0 radical (unpaired) electrons. The molecule has 1 aliphatic heterocycles. The Labute approximate surface area is 204 Å². The predicted octanol–water partition coefficient (Wildman–Crippen LogP) is 5.10. The maximum Gasteiger partial charge on any atom is 0.195 e. The van der Waals surface area contributed by atoms with Crippen LogP contribution in [0, 0.1) is 0 Å². The third-order valence-corrected chi connectivity index (χ3v) is 6.76. The fourth-order valence-corrected chi connectivity index (χ4v) is 5.00. The van der Waals surface area contributed by atoms with Gasteiger partial charge in [0.15, 0.2) is 5.78 Å². The summed E-state index contributed by atoms with van der Waals surface area (Å²) in [7, 11) is 0. The van der Waals surface area contributed by atoms with Crippen LogP contribution in [0.2, 0.25) is 0 Å². The Hall–Kier alpha value is -3.80. The third-order valence-electron chi connectivity index (χ3n) is 6.76. The summed E-state index contributed by atoms with van der Waals surface area (Å²) in [6.45, 7) is 4.82. The molecule has 0 bridgehead atoms. The summed E-state index contributed by atoms with van der Waals surface area (Å²) in [6, 6.07) is 24.1. The molecule has 0 saturated carbocycles.